The minimum atomic E-state index is -0.348. The molecule has 0 radical (unpaired) electrons. The third kappa shape index (κ3) is 5.63. The van der Waals surface area contributed by atoms with Gasteiger partial charge in [0, 0.05) is 43.4 Å². The first-order valence-electron chi connectivity index (χ1n) is 8.94. The number of nitrogens with zero attached hydrogens (tertiary/aromatic N) is 3. The Bertz CT molecular complexity index is 922. The number of hydrogen-bond donors (Lipinski definition) is 2. The second-order valence-corrected chi connectivity index (χ2v) is 6.07. The first kappa shape index (κ1) is 19.0. The number of imidazole rings is 1. The Morgan fingerprint density at radius 2 is 1.89 bits per heavy atom. The van der Waals surface area contributed by atoms with E-state index in [-0.39, 0.29) is 17.5 Å². The fourth-order valence-corrected chi connectivity index (χ4v) is 2.55. The lowest BCUT2D eigenvalue weighted by molar-refractivity contribution is -0.117. The van der Waals surface area contributed by atoms with Gasteiger partial charge in [-0.15, -0.1) is 0 Å². The predicted octanol–water partition coefficient (Wildman–Crippen LogP) is 2.26. The van der Waals surface area contributed by atoms with Gasteiger partial charge in [0.05, 0.1) is 6.33 Å². The summed E-state index contributed by atoms with van der Waals surface area (Å²) in [6.07, 6.45) is 10.9. The van der Waals surface area contributed by atoms with E-state index in [1.165, 1.54) is 0 Å². The van der Waals surface area contributed by atoms with Crippen LogP contribution in [-0.4, -0.2) is 32.9 Å². The number of amides is 2. The molecule has 7 nitrogen and oxygen atoms in total. The summed E-state index contributed by atoms with van der Waals surface area (Å²) in [6.45, 7) is 1.22. The van der Waals surface area contributed by atoms with Crippen molar-refractivity contribution in [2.24, 2.45) is 0 Å². The zero-order chi connectivity index (χ0) is 19.6. The molecule has 0 fully saturated rings. The van der Waals surface area contributed by atoms with Crippen molar-refractivity contribution in [2.45, 2.75) is 13.0 Å². The maximum atomic E-state index is 12.6. The lowest BCUT2D eigenvalue weighted by atomic mass is 10.2. The van der Waals surface area contributed by atoms with Crippen molar-refractivity contribution in [3.05, 3.63) is 90.4 Å². The lowest BCUT2D eigenvalue weighted by Gasteiger charge is -2.11. The van der Waals surface area contributed by atoms with Gasteiger partial charge in [-0.2, -0.15) is 0 Å². The van der Waals surface area contributed by atoms with Crippen molar-refractivity contribution in [2.75, 3.05) is 6.54 Å². The number of hydrogen-bond acceptors (Lipinski definition) is 4. The number of carbonyl (C=O) groups excluding carboxylic acids is 2. The van der Waals surface area contributed by atoms with Gasteiger partial charge in [0.2, 0.25) is 0 Å². The molecule has 0 bridgehead atoms. The van der Waals surface area contributed by atoms with E-state index in [1.807, 2.05) is 22.9 Å². The molecular weight excluding hydrogens is 354 g/mol. The minimum Gasteiger partial charge on any atom is -0.351 e. The van der Waals surface area contributed by atoms with Crippen LogP contribution in [0.4, 0.5) is 0 Å². The average molecular weight is 375 g/mol. The van der Waals surface area contributed by atoms with E-state index in [4.69, 9.17) is 0 Å². The number of rotatable bonds is 8. The number of pyridine rings is 1. The number of carbonyl (C=O) groups is 2. The Morgan fingerprint density at radius 3 is 2.61 bits per heavy atom. The number of benzene rings is 1. The van der Waals surface area contributed by atoms with Gasteiger partial charge in [-0.1, -0.05) is 24.3 Å². The topological polar surface area (TPSA) is 88.9 Å². The molecule has 0 spiro atoms. The molecule has 28 heavy (non-hydrogen) atoms. The summed E-state index contributed by atoms with van der Waals surface area (Å²) < 4.78 is 1.94. The second kappa shape index (κ2) is 9.82. The lowest BCUT2D eigenvalue weighted by Crippen LogP contribution is -2.35. The zero-order valence-electron chi connectivity index (χ0n) is 15.3. The fourth-order valence-electron chi connectivity index (χ4n) is 2.55. The molecule has 2 aromatic heterocycles. The van der Waals surface area contributed by atoms with Gasteiger partial charge in [0.25, 0.3) is 11.8 Å². The van der Waals surface area contributed by atoms with E-state index in [2.05, 4.69) is 20.6 Å². The fraction of sp³-hybridized carbons (Fsp3) is 0.143. The highest BCUT2D eigenvalue weighted by atomic mass is 16.2. The van der Waals surface area contributed by atoms with Gasteiger partial charge >= 0.3 is 0 Å². The third-order valence-corrected chi connectivity index (χ3v) is 3.96. The van der Waals surface area contributed by atoms with Crippen molar-refractivity contribution < 1.29 is 9.59 Å². The van der Waals surface area contributed by atoms with Crippen molar-refractivity contribution in [1.82, 2.24) is 25.2 Å². The average Bonchev–Trinajstić information content (AvgIpc) is 3.25. The van der Waals surface area contributed by atoms with Crippen molar-refractivity contribution in [3.63, 3.8) is 0 Å². The molecule has 3 rings (SSSR count). The van der Waals surface area contributed by atoms with Gasteiger partial charge in [-0.3, -0.25) is 14.6 Å². The maximum Gasteiger partial charge on any atom is 0.267 e. The van der Waals surface area contributed by atoms with Gasteiger partial charge in [0.1, 0.15) is 5.70 Å². The molecule has 2 amide bonds. The molecule has 0 atom stereocenters. The van der Waals surface area contributed by atoms with Crippen LogP contribution >= 0.6 is 0 Å². The molecule has 0 unspecified atom stereocenters. The summed E-state index contributed by atoms with van der Waals surface area (Å²) in [5, 5.41) is 5.55. The van der Waals surface area contributed by atoms with Gasteiger partial charge in [-0.05, 0) is 36.3 Å². The van der Waals surface area contributed by atoms with Crippen molar-refractivity contribution in [3.8, 4) is 0 Å². The smallest absolute Gasteiger partial charge is 0.267 e. The Balaban J connectivity index is 1.65. The Hall–Kier alpha value is -3.74. The van der Waals surface area contributed by atoms with Crippen molar-refractivity contribution >= 4 is 17.9 Å². The number of aryl methyl sites for hydroxylation is 1. The molecule has 2 N–H and O–H groups in total. The largest absolute Gasteiger partial charge is 0.351 e. The van der Waals surface area contributed by atoms with Crippen LogP contribution in [0.15, 0.2) is 79.3 Å². The molecule has 7 heteroatoms. The van der Waals surface area contributed by atoms with E-state index in [0.29, 0.717) is 12.1 Å². The monoisotopic (exact) mass is 375 g/mol. The standard InChI is InChI=1S/C21H21N5O2/c27-20(18-7-2-1-3-8-18)25-19(14-17-6-4-9-22-15-17)21(28)24-10-5-12-26-13-11-23-16-26/h1-4,6-9,11,13-16H,5,10,12H2,(H,24,28)(H,25,27)/b19-14+. The molecular formula is C21H21N5O2. The van der Waals surface area contributed by atoms with E-state index in [9.17, 15) is 9.59 Å². The Morgan fingerprint density at radius 1 is 1.04 bits per heavy atom. The molecule has 0 aliphatic rings. The van der Waals surface area contributed by atoms with Crippen LogP contribution in [-0.2, 0) is 11.3 Å². The molecule has 2 heterocycles. The highest BCUT2D eigenvalue weighted by Crippen LogP contribution is 2.06. The quantitative estimate of drug-likeness (QED) is 0.467. The van der Waals surface area contributed by atoms with Crippen molar-refractivity contribution in [1.29, 1.82) is 0 Å². The second-order valence-electron chi connectivity index (χ2n) is 6.07. The summed E-state index contributed by atoms with van der Waals surface area (Å²) in [6, 6.07) is 12.3. The minimum absolute atomic E-state index is 0.171. The molecule has 142 valence electrons. The van der Waals surface area contributed by atoms with Crippen LogP contribution in [0.3, 0.4) is 0 Å². The van der Waals surface area contributed by atoms with Gasteiger partial charge < -0.3 is 15.2 Å². The first-order chi connectivity index (χ1) is 13.7. The summed E-state index contributed by atoms with van der Waals surface area (Å²) in [5.74, 6) is -0.692. The van der Waals surface area contributed by atoms with E-state index in [1.54, 1.807) is 61.3 Å². The van der Waals surface area contributed by atoms with Crippen LogP contribution in [0.5, 0.6) is 0 Å². The molecule has 0 saturated heterocycles. The van der Waals surface area contributed by atoms with E-state index < -0.39 is 0 Å². The third-order valence-electron chi connectivity index (χ3n) is 3.96. The highest BCUT2D eigenvalue weighted by molar-refractivity contribution is 6.05. The van der Waals surface area contributed by atoms with E-state index in [0.717, 1.165) is 18.5 Å². The van der Waals surface area contributed by atoms with Crippen LogP contribution < -0.4 is 10.6 Å². The molecule has 0 aliphatic heterocycles. The molecule has 0 aliphatic carbocycles. The Kier molecular flexibility index (Phi) is 6.67. The summed E-state index contributed by atoms with van der Waals surface area (Å²) >= 11 is 0. The number of aromatic nitrogens is 3. The summed E-state index contributed by atoms with van der Waals surface area (Å²) in [4.78, 5) is 33.1. The molecule has 3 aromatic rings. The normalized spacial score (nSPS) is 11.1. The SMILES string of the molecule is O=C(NCCCn1ccnc1)/C(=C\c1cccnc1)NC(=O)c1ccccc1. The zero-order valence-corrected chi connectivity index (χ0v) is 15.3. The summed E-state index contributed by atoms with van der Waals surface area (Å²) in [7, 11) is 0. The highest BCUT2D eigenvalue weighted by Gasteiger charge is 2.14. The van der Waals surface area contributed by atoms with Crippen LogP contribution in [0.25, 0.3) is 6.08 Å². The molecule has 1 aromatic carbocycles. The van der Waals surface area contributed by atoms with Gasteiger partial charge in [-0.25, -0.2) is 4.98 Å². The summed E-state index contributed by atoms with van der Waals surface area (Å²) in [5.41, 5.74) is 1.37. The predicted molar refractivity (Wildman–Crippen MR) is 106 cm³/mol. The van der Waals surface area contributed by atoms with Crippen LogP contribution in [0.1, 0.15) is 22.3 Å². The van der Waals surface area contributed by atoms with E-state index >= 15 is 0 Å². The molecule has 0 saturated carbocycles. The Labute approximate surface area is 163 Å². The van der Waals surface area contributed by atoms with Gasteiger partial charge in [0.15, 0.2) is 0 Å². The van der Waals surface area contributed by atoms with Crippen LogP contribution in [0.2, 0.25) is 0 Å². The van der Waals surface area contributed by atoms with Crippen LogP contribution in [0, 0.1) is 0 Å². The number of nitrogens with one attached hydrogen (secondary N) is 2. The first-order valence-corrected chi connectivity index (χ1v) is 8.94. The maximum absolute atomic E-state index is 12.6.